The van der Waals surface area contributed by atoms with Crippen molar-refractivity contribution in [2.45, 2.75) is 12.3 Å². The van der Waals surface area contributed by atoms with Crippen molar-refractivity contribution >= 4 is 5.97 Å². The van der Waals surface area contributed by atoms with E-state index in [1.807, 2.05) is 0 Å². The van der Waals surface area contributed by atoms with Crippen LogP contribution in [0.4, 0.5) is 4.39 Å². The van der Waals surface area contributed by atoms with E-state index in [1.165, 1.54) is 12.1 Å². The SMILES string of the molecule is O=C(O)C(Cc1ccc2c(c1)OCCO2)c1ccccc1F. The summed E-state index contributed by atoms with van der Waals surface area (Å²) in [6.07, 6.45) is 0.187. The first-order valence-corrected chi connectivity index (χ1v) is 7.01. The van der Waals surface area contributed by atoms with Gasteiger partial charge in [0.1, 0.15) is 19.0 Å². The average molecular weight is 302 g/mol. The van der Waals surface area contributed by atoms with Crippen LogP contribution in [-0.2, 0) is 11.2 Å². The smallest absolute Gasteiger partial charge is 0.311 e. The molecule has 4 nitrogen and oxygen atoms in total. The number of rotatable bonds is 4. The van der Waals surface area contributed by atoms with E-state index in [-0.39, 0.29) is 12.0 Å². The number of fused-ring (bicyclic) bond motifs is 1. The Labute approximate surface area is 127 Å². The summed E-state index contributed by atoms with van der Waals surface area (Å²) in [6, 6.07) is 11.3. The Kier molecular flexibility index (Phi) is 3.96. The Morgan fingerprint density at radius 3 is 2.59 bits per heavy atom. The normalized spacial score (nSPS) is 14.4. The van der Waals surface area contributed by atoms with Crippen LogP contribution in [0.5, 0.6) is 11.5 Å². The summed E-state index contributed by atoms with van der Waals surface area (Å²) < 4.78 is 24.8. The minimum absolute atomic E-state index is 0.185. The zero-order chi connectivity index (χ0) is 15.5. The molecule has 0 fully saturated rings. The summed E-state index contributed by atoms with van der Waals surface area (Å²) in [6.45, 7) is 0.964. The molecule has 1 N–H and O–H groups in total. The molecule has 0 bridgehead atoms. The van der Waals surface area contributed by atoms with Gasteiger partial charge in [0.05, 0.1) is 5.92 Å². The van der Waals surface area contributed by atoms with Gasteiger partial charge in [-0.05, 0) is 30.2 Å². The number of ether oxygens (including phenoxy) is 2. The van der Waals surface area contributed by atoms with E-state index in [1.54, 1.807) is 30.3 Å². The van der Waals surface area contributed by atoms with Crippen molar-refractivity contribution < 1.29 is 23.8 Å². The molecule has 0 spiro atoms. The van der Waals surface area contributed by atoms with E-state index in [2.05, 4.69) is 0 Å². The standard InChI is InChI=1S/C17H15FO4/c18-14-4-2-1-3-12(14)13(17(19)20)9-11-5-6-15-16(10-11)22-8-7-21-15/h1-6,10,13H,7-9H2,(H,19,20). The van der Waals surface area contributed by atoms with Crippen LogP contribution in [0.15, 0.2) is 42.5 Å². The molecule has 114 valence electrons. The van der Waals surface area contributed by atoms with Crippen LogP contribution in [0.25, 0.3) is 0 Å². The number of hydrogen-bond donors (Lipinski definition) is 1. The molecule has 1 heterocycles. The summed E-state index contributed by atoms with van der Waals surface area (Å²) in [4.78, 5) is 11.5. The lowest BCUT2D eigenvalue weighted by molar-refractivity contribution is -0.138. The molecule has 0 amide bonds. The van der Waals surface area contributed by atoms with E-state index < -0.39 is 17.7 Å². The summed E-state index contributed by atoms with van der Waals surface area (Å²) in [5.41, 5.74) is 0.949. The van der Waals surface area contributed by atoms with Gasteiger partial charge in [0.2, 0.25) is 0 Å². The van der Waals surface area contributed by atoms with Gasteiger partial charge in [-0.15, -0.1) is 0 Å². The topological polar surface area (TPSA) is 55.8 Å². The molecule has 5 heteroatoms. The fraction of sp³-hybridized carbons (Fsp3) is 0.235. The van der Waals surface area contributed by atoms with Crippen LogP contribution in [0.3, 0.4) is 0 Å². The summed E-state index contributed by atoms with van der Waals surface area (Å²) >= 11 is 0. The quantitative estimate of drug-likeness (QED) is 0.943. The maximum atomic E-state index is 13.9. The molecule has 1 unspecified atom stereocenters. The zero-order valence-electron chi connectivity index (χ0n) is 11.8. The van der Waals surface area contributed by atoms with Crippen molar-refractivity contribution in [1.29, 1.82) is 0 Å². The lowest BCUT2D eigenvalue weighted by Gasteiger charge is -2.20. The predicted octanol–water partition coefficient (Wildman–Crippen LogP) is 3.01. The molecule has 0 saturated carbocycles. The minimum Gasteiger partial charge on any atom is -0.486 e. The third-order valence-electron chi connectivity index (χ3n) is 3.63. The number of benzene rings is 2. The number of hydrogen-bond acceptors (Lipinski definition) is 3. The van der Waals surface area contributed by atoms with Crippen molar-refractivity contribution in [1.82, 2.24) is 0 Å². The molecule has 2 aromatic rings. The highest BCUT2D eigenvalue weighted by Gasteiger charge is 2.24. The van der Waals surface area contributed by atoms with E-state index in [0.29, 0.717) is 24.7 Å². The van der Waals surface area contributed by atoms with Gasteiger partial charge >= 0.3 is 5.97 Å². The number of halogens is 1. The fourth-order valence-corrected chi connectivity index (χ4v) is 2.54. The molecule has 1 aliphatic rings. The van der Waals surface area contributed by atoms with Crippen LogP contribution in [0.2, 0.25) is 0 Å². The van der Waals surface area contributed by atoms with Gasteiger partial charge in [-0.3, -0.25) is 4.79 Å². The minimum atomic E-state index is -1.06. The van der Waals surface area contributed by atoms with Crippen molar-refractivity contribution in [3.8, 4) is 11.5 Å². The number of carbonyl (C=O) groups is 1. The molecule has 0 saturated heterocycles. The van der Waals surface area contributed by atoms with E-state index in [4.69, 9.17) is 9.47 Å². The first-order chi connectivity index (χ1) is 10.6. The highest BCUT2D eigenvalue weighted by atomic mass is 19.1. The first-order valence-electron chi connectivity index (χ1n) is 7.01. The Balaban J connectivity index is 1.89. The first kappa shape index (κ1) is 14.4. The lowest BCUT2D eigenvalue weighted by Crippen LogP contribution is -2.17. The van der Waals surface area contributed by atoms with Crippen LogP contribution in [-0.4, -0.2) is 24.3 Å². The van der Waals surface area contributed by atoms with Crippen LogP contribution < -0.4 is 9.47 Å². The maximum Gasteiger partial charge on any atom is 0.311 e. The van der Waals surface area contributed by atoms with Gasteiger partial charge in [-0.1, -0.05) is 24.3 Å². The molecule has 2 aromatic carbocycles. The Morgan fingerprint density at radius 1 is 1.14 bits per heavy atom. The van der Waals surface area contributed by atoms with Crippen LogP contribution in [0.1, 0.15) is 17.0 Å². The predicted molar refractivity (Wildman–Crippen MR) is 77.9 cm³/mol. The molecular formula is C17H15FO4. The molecule has 0 radical (unpaired) electrons. The third-order valence-corrected chi connectivity index (χ3v) is 3.63. The number of carboxylic acid groups (broad SMARTS) is 1. The molecular weight excluding hydrogens is 287 g/mol. The van der Waals surface area contributed by atoms with Gasteiger partial charge in [0, 0.05) is 5.56 Å². The fourth-order valence-electron chi connectivity index (χ4n) is 2.54. The highest BCUT2D eigenvalue weighted by Crippen LogP contribution is 2.33. The van der Waals surface area contributed by atoms with Gasteiger partial charge in [-0.25, -0.2) is 4.39 Å². The lowest BCUT2D eigenvalue weighted by atomic mass is 9.91. The molecule has 1 atom stereocenters. The van der Waals surface area contributed by atoms with E-state index in [0.717, 1.165) is 5.56 Å². The Morgan fingerprint density at radius 2 is 1.86 bits per heavy atom. The largest absolute Gasteiger partial charge is 0.486 e. The summed E-state index contributed by atoms with van der Waals surface area (Å²) in [5.74, 6) is -1.26. The van der Waals surface area contributed by atoms with Crippen LogP contribution >= 0.6 is 0 Å². The molecule has 3 rings (SSSR count). The Bertz CT molecular complexity index is 699. The second-order valence-corrected chi connectivity index (χ2v) is 5.09. The molecule has 1 aliphatic heterocycles. The van der Waals surface area contributed by atoms with Gasteiger partial charge in [0.25, 0.3) is 0 Å². The Hall–Kier alpha value is -2.56. The summed E-state index contributed by atoms with van der Waals surface area (Å²) in [7, 11) is 0. The monoisotopic (exact) mass is 302 g/mol. The van der Waals surface area contributed by atoms with Crippen LogP contribution in [0, 0.1) is 5.82 Å². The molecule has 0 aliphatic carbocycles. The van der Waals surface area contributed by atoms with Crippen molar-refractivity contribution in [2.75, 3.05) is 13.2 Å². The van der Waals surface area contributed by atoms with Crippen molar-refractivity contribution in [3.63, 3.8) is 0 Å². The second kappa shape index (κ2) is 6.05. The van der Waals surface area contributed by atoms with Gasteiger partial charge in [0.15, 0.2) is 11.5 Å². The zero-order valence-corrected chi connectivity index (χ0v) is 11.8. The van der Waals surface area contributed by atoms with Crippen molar-refractivity contribution in [3.05, 3.63) is 59.4 Å². The van der Waals surface area contributed by atoms with Crippen molar-refractivity contribution in [2.24, 2.45) is 0 Å². The van der Waals surface area contributed by atoms with E-state index in [9.17, 15) is 14.3 Å². The second-order valence-electron chi connectivity index (χ2n) is 5.09. The number of carboxylic acids is 1. The van der Waals surface area contributed by atoms with E-state index >= 15 is 0 Å². The third kappa shape index (κ3) is 2.88. The maximum absolute atomic E-state index is 13.9. The van der Waals surface area contributed by atoms with Gasteiger partial charge < -0.3 is 14.6 Å². The average Bonchev–Trinajstić information content (AvgIpc) is 2.53. The number of aliphatic carboxylic acids is 1. The molecule has 0 aromatic heterocycles. The highest BCUT2D eigenvalue weighted by molar-refractivity contribution is 5.76. The van der Waals surface area contributed by atoms with Gasteiger partial charge in [-0.2, -0.15) is 0 Å². The summed E-state index contributed by atoms with van der Waals surface area (Å²) in [5, 5.41) is 9.43. The molecule has 22 heavy (non-hydrogen) atoms.